The third-order valence-electron chi connectivity index (χ3n) is 7.53. The van der Waals surface area contributed by atoms with E-state index in [-0.39, 0.29) is 34.4 Å². The molecule has 2 aliphatic heterocycles. The Kier molecular flexibility index (Phi) is 9.12. The molecule has 11 nitrogen and oxygen atoms in total. The highest BCUT2D eigenvalue weighted by atomic mass is 32.1. The minimum absolute atomic E-state index is 0.0984. The molecule has 1 saturated heterocycles. The van der Waals surface area contributed by atoms with E-state index in [2.05, 4.69) is 4.98 Å². The molecule has 3 aromatic carbocycles. The van der Waals surface area contributed by atoms with Crippen molar-refractivity contribution in [3.63, 3.8) is 0 Å². The number of ether oxygens (including phenoxy) is 5. The fourth-order valence-electron chi connectivity index (χ4n) is 5.38. The fourth-order valence-corrected chi connectivity index (χ4v) is 6.37. The smallest absolute Gasteiger partial charge is 0.350 e. The topological polar surface area (TPSA) is 134 Å². The maximum absolute atomic E-state index is 13.8. The monoisotopic (exact) mass is 656 g/mol. The number of aliphatic hydroxyl groups is 1. The third-order valence-corrected chi connectivity index (χ3v) is 8.67. The Morgan fingerprint density at radius 1 is 0.957 bits per heavy atom. The molecule has 0 spiro atoms. The number of esters is 1. The van der Waals surface area contributed by atoms with Crippen molar-refractivity contribution in [1.82, 2.24) is 4.98 Å². The Balaban J connectivity index is 1.47. The largest absolute Gasteiger partial charge is 0.507 e. The number of ketones is 1. The van der Waals surface area contributed by atoms with Gasteiger partial charge in [0.15, 0.2) is 28.1 Å². The van der Waals surface area contributed by atoms with Gasteiger partial charge < -0.3 is 28.8 Å². The van der Waals surface area contributed by atoms with Crippen molar-refractivity contribution >= 4 is 39.9 Å². The molecule has 2 aliphatic rings. The van der Waals surface area contributed by atoms with Crippen LogP contribution in [0.2, 0.25) is 0 Å². The molecular weight excluding hydrogens is 624 g/mol. The first-order valence-electron chi connectivity index (χ1n) is 15.1. The summed E-state index contributed by atoms with van der Waals surface area (Å²) in [6.07, 6.45) is 0. The van der Waals surface area contributed by atoms with Crippen LogP contribution in [0.5, 0.6) is 23.0 Å². The van der Waals surface area contributed by atoms with Crippen molar-refractivity contribution in [3.8, 4) is 23.0 Å². The second-order valence-corrected chi connectivity index (χ2v) is 11.5. The summed E-state index contributed by atoms with van der Waals surface area (Å²) in [6.45, 7) is 6.62. The lowest BCUT2D eigenvalue weighted by molar-refractivity contribution is -0.132. The van der Waals surface area contributed by atoms with Crippen LogP contribution in [-0.2, 0) is 20.9 Å². The number of aryl methyl sites for hydroxylation is 1. The molecule has 1 atom stereocenters. The number of amides is 1. The van der Waals surface area contributed by atoms with Gasteiger partial charge in [0.2, 0.25) is 0 Å². The van der Waals surface area contributed by atoms with Crippen LogP contribution in [0, 0.1) is 6.92 Å². The number of anilines is 1. The third kappa shape index (κ3) is 6.24. The van der Waals surface area contributed by atoms with Crippen molar-refractivity contribution in [3.05, 3.63) is 99.6 Å². The van der Waals surface area contributed by atoms with E-state index in [0.29, 0.717) is 54.1 Å². The van der Waals surface area contributed by atoms with Crippen molar-refractivity contribution in [2.24, 2.45) is 0 Å². The van der Waals surface area contributed by atoms with E-state index in [4.69, 9.17) is 23.7 Å². The van der Waals surface area contributed by atoms with Crippen LogP contribution in [0.1, 0.15) is 51.9 Å². The Hall–Kier alpha value is -5.36. The molecule has 0 bridgehead atoms. The van der Waals surface area contributed by atoms with Crippen LogP contribution in [0.15, 0.2) is 72.3 Å². The Bertz CT molecular complexity index is 1870. The van der Waals surface area contributed by atoms with Crippen LogP contribution in [0.3, 0.4) is 0 Å². The number of aromatic nitrogens is 1. The van der Waals surface area contributed by atoms with Gasteiger partial charge in [-0.05, 0) is 62.2 Å². The minimum Gasteiger partial charge on any atom is -0.507 e. The highest BCUT2D eigenvalue weighted by Gasteiger charge is 2.49. The van der Waals surface area contributed by atoms with Crippen molar-refractivity contribution < 1.29 is 43.2 Å². The first-order chi connectivity index (χ1) is 22.8. The van der Waals surface area contributed by atoms with E-state index < -0.39 is 29.5 Å². The number of nitrogens with zero attached hydrogens (tertiary/aromatic N) is 2. The fraction of sp³-hybridized carbons (Fsp3) is 0.257. The van der Waals surface area contributed by atoms with E-state index >= 15 is 0 Å². The molecule has 3 heterocycles. The first kappa shape index (κ1) is 31.6. The molecular formula is C35H32N2O9S. The lowest BCUT2D eigenvalue weighted by atomic mass is 9.95. The van der Waals surface area contributed by atoms with Gasteiger partial charge in [-0.1, -0.05) is 47.7 Å². The van der Waals surface area contributed by atoms with Gasteiger partial charge >= 0.3 is 11.9 Å². The van der Waals surface area contributed by atoms with Crippen LogP contribution in [0.25, 0.3) is 5.76 Å². The van der Waals surface area contributed by atoms with Crippen molar-refractivity contribution in [1.29, 1.82) is 0 Å². The molecule has 0 saturated carbocycles. The van der Waals surface area contributed by atoms with E-state index in [1.165, 1.54) is 4.90 Å². The van der Waals surface area contributed by atoms with Crippen molar-refractivity contribution in [2.45, 2.75) is 33.4 Å². The Morgan fingerprint density at radius 3 is 2.47 bits per heavy atom. The second kappa shape index (κ2) is 13.6. The lowest BCUT2D eigenvalue weighted by Crippen LogP contribution is -2.29. The lowest BCUT2D eigenvalue weighted by Gasteiger charge is -2.24. The number of carbonyl (C=O) groups is 3. The number of aliphatic hydroxyl groups excluding tert-OH is 1. The molecule has 12 heteroatoms. The van der Waals surface area contributed by atoms with Gasteiger partial charge in [-0.3, -0.25) is 14.5 Å². The molecule has 0 aliphatic carbocycles. The van der Waals surface area contributed by atoms with Gasteiger partial charge in [0.05, 0.1) is 30.5 Å². The average Bonchev–Trinajstić information content (AvgIpc) is 3.60. The number of fused-ring (bicyclic) bond motifs is 1. The summed E-state index contributed by atoms with van der Waals surface area (Å²) in [4.78, 5) is 46.2. The highest BCUT2D eigenvalue weighted by Crippen LogP contribution is 2.46. The number of benzene rings is 3. The summed E-state index contributed by atoms with van der Waals surface area (Å²) in [7, 11) is 0. The normalized spacial score (nSPS) is 16.7. The molecule has 1 unspecified atom stereocenters. The van der Waals surface area contributed by atoms with E-state index in [1.807, 2.05) is 37.3 Å². The predicted octanol–water partition coefficient (Wildman–Crippen LogP) is 6.00. The van der Waals surface area contributed by atoms with E-state index in [9.17, 15) is 19.5 Å². The maximum atomic E-state index is 13.8. The average molecular weight is 657 g/mol. The summed E-state index contributed by atoms with van der Waals surface area (Å²) < 4.78 is 28.5. The zero-order valence-electron chi connectivity index (χ0n) is 26.0. The number of carbonyl (C=O) groups excluding carboxylic acids is 3. The molecule has 1 aromatic heterocycles. The zero-order valence-corrected chi connectivity index (χ0v) is 26.8. The molecule has 47 heavy (non-hydrogen) atoms. The van der Waals surface area contributed by atoms with Gasteiger partial charge in [0.1, 0.15) is 30.5 Å². The van der Waals surface area contributed by atoms with E-state index in [0.717, 1.165) is 16.9 Å². The molecule has 1 amide bonds. The highest BCUT2D eigenvalue weighted by molar-refractivity contribution is 7.17. The van der Waals surface area contributed by atoms with Crippen molar-refractivity contribution in [2.75, 3.05) is 31.3 Å². The first-order valence-corrected chi connectivity index (χ1v) is 15.9. The summed E-state index contributed by atoms with van der Waals surface area (Å²) in [5.74, 6) is -1.09. The van der Waals surface area contributed by atoms with Crippen LogP contribution in [0.4, 0.5) is 5.13 Å². The Morgan fingerprint density at radius 2 is 1.72 bits per heavy atom. The molecule has 0 radical (unpaired) electrons. The number of thiazole rings is 1. The van der Waals surface area contributed by atoms with E-state index in [1.54, 1.807) is 50.2 Å². The maximum Gasteiger partial charge on any atom is 0.350 e. The predicted molar refractivity (Wildman–Crippen MR) is 173 cm³/mol. The van der Waals surface area contributed by atoms with Crippen LogP contribution >= 0.6 is 11.3 Å². The zero-order chi connectivity index (χ0) is 33.1. The van der Waals surface area contributed by atoms with Gasteiger partial charge in [-0.15, -0.1) is 0 Å². The SMILES string of the molecule is CCOC(=O)c1sc(N2C(=O)C(=O)/C(=C(/O)c3ccc4c(c3)OCCO4)C2c2ccc(OCc3ccccc3)c(OCC)c2)nc1C. The summed E-state index contributed by atoms with van der Waals surface area (Å²) in [5.41, 5.74) is 1.84. The summed E-state index contributed by atoms with van der Waals surface area (Å²) >= 11 is 0.931. The van der Waals surface area contributed by atoms with Gasteiger partial charge in [0.25, 0.3) is 5.78 Å². The van der Waals surface area contributed by atoms with Crippen LogP contribution in [-0.4, -0.2) is 54.2 Å². The van der Waals surface area contributed by atoms with Gasteiger partial charge in [-0.25, -0.2) is 9.78 Å². The summed E-state index contributed by atoms with van der Waals surface area (Å²) in [6, 6.07) is 18.4. The van der Waals surface area contributed by atoms with Gasteiger partial charge in [0, 0.05) is 5.56 Å². The minimum atomic E-state index is -1.13. The number of rotatable bonds is 10. The Labute approximate surface area is 274 Å². The number of Topliss-reactive ketones (excluding diaryl/α,β-unsaturated/α-hetero) is 1. The molecule has 1 fully saturated rings. The molecule has 1 N–H and O–H groups in total. The second-order valence-electron chi connectivity index (χ2n) is 10.6. The molecule has 242 valence electrons. The molecule has 6 rings (SSSR count). The summed E-state index contributed by atoms with van der Waals surface area (Å²) in [5, 5.41) is 11.8. The number of hydrogen-bond acceptors (Lipinski definition) is 11. The quantitative estimate of drug-likeness (QED) is 0.0937. The number of hydrogen-bond donors (Lipinski definition) is 1. The van der Waals surface area contributed by atoms with Crippen LogP contribution < -0.4 is 23.8 Å². The molecule has 4 aromatic rings. The van der Waals surface area contributed by atoms with Gasteiger partial charge in [-0.2, -0.15) is 0 Å². The standard InChI is InChI=1S/C35H32N2O9S/c1-4-42-26-17-22(11-13-25(26)46-19-21-9-7-6-8-10-21)29-28(30(38)23-12-14-24-27(18-23)45-16-15-44-24)31(39)33(40)37(29)35-36-20(3)32(47-35)34(41)43-5-2/h6-14,17-18,29,38H,4-5,15-16,19H2,1-3H3/b30-28+.